The predicted molar refractivity (Wildman–Crippen MR) is 117 cm³/mol. The summed E-state index contributed by atoms with van der Waals surface area (Å²) in [5, 5.41) is 5.50. The minimum atomic E-state index is -0.833. The van der Waals surface area contributed by atoms with Crippen LogP contribution in [0, 0.1) is 6.92 Å². The summed E-state index contributed by atoms with van der Waals surface area (Å²) in [6.45, 7) is 7.82. The van der Waals surface area contributed by atoms with E-state index in [-0.39, 0.29) is 5.69 Å². The highest BCUT2D eigenvalue weighted by Gasteiger charge is 2.19. The van der Waals surface area contributed by atoms with Gasteiger partial charge < -0.3 is 25.0 Å². The van der Waals surface area contributed by atoms with Crippen molar-refractivity contribution >= 4 is 40.5 Å². The van der Waals surface area contributed by atoms with E-state index >= 15 is 0 Å². The Hall–Kier alpha value is -2.93. The molecule has 2 N–H and O–H groups in total. The summed E-state index contributed by atoms with van der Waals surface area (Å²) in [7, 11) is 2.89. The van der Waals surface area contributed by atoms with Gasteiger partial charge >= 0.3 is 11.8 Å². The van der Waals surface area contributed by atoms with E-state index in [1.807, 2.05) is 19.1 Å². The summed E-state index contributed by atoms with van der Waals surface area (Å²) < 4.78 is 10.4. The summed E-state index contributed by atoms with van der Waals surface area (Å²) in [6, 6.07) is 8.69. The number of carbonyl (C=O) groups excluding carboxylic acids is 2. The molecule has 0 atom stereocenters. The van der Waals surface area contributed by atoms with E-state index in [0.29, 0.717) is 22.2 Å². The van der Waals surface area contributed by atoms with Crippen LogP contribution in [0.3, 0.4) is 0 Å². The molecule has 7 nitrogen and oxygen atoms in total. The second-order valence-electron chi connectivity index (χ2n) is 6.27. The van der Waals surface area contributed by atoms with Crippen LogP contribution in [0.5, 0.6) is 11.5 Å². The number of hydrogen-bond donors (Lipinski definition) is 2. The minimum Gasteiger partial charge on any atom is -0.495 e. The average molecular weight is 420 g/mol. The first kappa shape index (κ1) is 22.4. The second-order valence-corrected chi connectivity index (χ2v) is 6.67. The van der Waals surface area contributed by atoms with Gasteiger partial charge in [-0.1, -0.05) is 11.6 Å². The Labute approximate surface area is 175 Å². The summed E-state index contributed by atoms with van der Waals surface area (Å²) >= 11 is 6.06. The van der Waals surface area contributed by atoms with Crippen LogP contribution in [0.25, 0.3) is 0 Å². The highest BCUT2D eigenvalue weighted by Crippen LogP contribution is 2.35. The van der Waals surface area contributed by atoms with Crippen molar-refractivity contribution in [1.29, 1.82) is 0 Å². The fraction of sp³-hybridized carbons (Fsp3) is 0.333. The third-order valence-corrected chi connectivity index (χ3v) is 4.81. The van der Waals surface area contributed by atoms with Crippen molar-refractivity contribution in [3.05, 3.63) is 40.9 Å². The number of hydrogen-bond acceptors (Lipinski definition) is 5. The van der Waals surface area contributed by atoms with E-state index in [1.54, 1.807) is 6.07 Å². The molecule has 2 aromatic rings. The van der Waals surface area contributed by atoms with Crippen molar-refractivity contribution in [2.75, 3.05) is 42.8 Å². The van der Waals surface area contributed by atoms with Gasteiger partial charge in [0.1, 0.15) is 11.5 Å². The molecule has 0 radical (unpaired) electrons. The molecule has 0 heterocycles. The maximum Gasteiger partial charge on any atom is 0.314 e. The lowest BCUT2D eigenvalue weighted by molar-refractivity contribution is -0.133. The highest BCUT2D eigenvalue weighted by atomic mass is 35.5. The lowest BCUT2D eigenvalue weighted by Gasteiger charge is -2.22. The fourth-order valence-electron chi connectivity index (χ4n) is 2.89. The molecule has 0 unspecified atom stereocenters. The first-order valence-electron chi connectivity index (χ1n) is 9.23. The molecule has 2 aromatic carbocycles. The van der Waals surface area contributed by atoms with Crippen LogP contribution >= 0.6 is 11.6 Å². The number of anilines is 3. The molecule has 0 aliphatic rings. The van der Waals surface area contributed by atoms with E-state index in [2.05, 4.69) is 29.4 Å². The van der Waals surface area contributed by atoms with Crippen molar-refractivity contribution in [3.8, 4) is 11.5 Å². The topological polar surface area (TPSA) is 79.9 Å². The van der Waals surface area contributed by atoms with Crippen LogP contribution in [0.1, 0.15) is 19.4 Å². The Morgan fingerprint density at radius 2 is 1.52 bits per heavy atom. The molecule has 8 heteroatoms. The van der Waals surface area contributed by atoms with Gasteiger partial charge in [-0.05, 0) is 44.5 Å². The summed E-state index contributed by atoms with van der Waals surface area (Å²) in [4.78, 5) is 27.0. The second kappa shape index (κ2) is 10.0. The summed E-state index contributed by atoms with van der Waals surface area (Å²) in [5.74, 6) is -0.956. The molecular formula is C21H26ClN3O4. The van der Waals surface area contributed by atoms with Gasteiger partial charge in [0.05, 0.1) is 24.9 Å². The number of carbonyl (C=O) groups is 2. The zero-order valence-corrected chi connectivity index (χ0v) is 18.0. The van der Waals surface area contributed by atoms with Gasteiger partial charge in [0.15, 0.2) is 0 Å². The van der Waals surface area contributed by atoms with Crippen molar-refractivity contribution in [2.24, 2.45) is 0 Å². The third-order valence-electron chi connectivity index (χ3n) is 4.52. The van der Waals surface area contributed by atoms with Crippen LogP contribution in [0.2, 0.25) is 5.02 Å². The van der Waals surface area contributed by atoms with Gasteiger partial charge in [-0.25, -0.2) is 0 Å². The van der Waals surface area contributed by atoms with Crippen LogP contribution in [0.4, 0.5) is 17.1 Å². The van der Waals surface area contributed by atoms with Crippen molar-refractivity contribution < 1.29 is 19.1 Å². The van der Waals surface area contributed by atoms with Gasteiger partial charge in [-0.2, -0.15) is 0 Å². The SMILES string of the molecule is CCN(CC)c1ccc(NC(=O)C(=O)Nc2cc(OC)c(Cl)cc2OC)c(C)c1. The van der Waals surface area contributed by atoms with Crippen LogP contribution in [-0.2, 0) is 9.59 Å². The van der Waals surface area contributed by atoms with Gasteiger partial charge in [0, 0.05) is 36.6 Å². The molecule has 29 heavy (non-hydrogen) atoms. The Balaban J connectivity index is 2.15. The van der Waals surface area contributed by atoms with Gasteiger partial charge in [0.2, 0.25) is 0 Å². The number of amides is 2. The van der Waals surface area contributed by atoms with E-state index in [9.17, 15) is 9.59 Å². The van der Waals surface area contributed by atoms with Crippen LogP contribution in [0.15, 0.2) is 30.3 Å². The molecule has 0 saturated carbocycles. The molecule has 0 aliphatic carbocycles. The van der Waals surface area contributed by atoms with Gasteiger partial charge in [0.25, 0.3) is 0 Å². The molecule has 0 saturated heterocycles. The Bertz CT molecular complexity index is 898. The van der Waals surface area contributed by atoms with E-state index < -0.39 is 11.8 Å². The molecule has 0 aliphatic heterocycles. The monoisotopic (exact) mass is 419 g/mol. The smallest absolute Gasteiger partial charge is 0.314 e. The number of nitrogens with zero attached hydrogens (tertiary/aromatic N) is 1. The number of aryl methyl sites for hydroxylation is 1. The average Bonchev–Trinajstić information content (AvgIpc) is 2.71. The fourth-order valence-corrected chi connectivity index (χ4v) is 3.12. The molecule has 2 amide bonds. The number of nitrogens with one attached hydrogen (secondary N) is 2. The maximum atomic E-state index is 12.4. The van der Waals surface area contributed by atoms with Gasteiger partial charge in [-0.15, -0.1) is 0 Å². The van der Waals surface area contributed by atoms with Gasteiger partial charge in [-0.3, -0.25) is 9.59 Å². The molecule has 156 valence electrons. The Kier molecular flexibility index (Phi) is 7.73. The zero-order valence-electron chi connectivity index (χ0n) is 17.3. The van der Waals surface area contributed by atoms with Crippen molar-refractivity contribution in [2.45, 2.75) is 20.8 Å². The maximum absolute atomic E-state index is 12.4. The molecule has 0 spiro atoms. The van der Waals surface area contributed by atoms with Crippen molar-refractivity contribution in [3.63, 3.8) is 0 Å². The number of halogens is 1. The third kappa shape index (κ3) is 5.32. The minimum absolute atomic E-state index is 0.280. The quantitative estimate of drug-likeness (QED) is 0.661. The largest absolute Gasteiger partial charge is 0.495 e. The number of benzene rings is 2. The molecule has 0 aromatic heterocycles. The Morgan fingerprint density at radius 3 is 2.03 bits per heavy atom. The summed E-state index contributed by atoms with van der Waals surface area (Å²) in [5.41, 5.74) is 2.78. The standard InChI is InChI=1S/C21H26ClN3O4/c1-6-25(7-2)14-8-9-16(13(3)10-14)23-20(26)21(27)24-17-12-18(28-4)15(22)11-19(17)29-5/h8-12H,6-7H2,1-5H3,(H,23,26)(H,24,27). The normalized spacial score (nSPS) is 10.3. The lowest BCUT2D eigenvalue weighted by atomic mass is 10.1. The van der Waals surface area contributed by atoms with E-state index in [0.717, 1.165) is 24.3 Å². The number of ether oxygens (including phenoxy) is 2. The Morgan fingerprint density at radius 1 is 0.931 bits per heavy atom. The summed E-state index contributed by atoms with van der Waals surface area (Å²) in [6.07, 6.45) is 0. The molecule has 2 rings (SSSR count). The molecule has 0 fully saturated rings. The van der Waals surface area contributed by atoms with Crippen LogP contribution in [-0.4, -0.2) is 39.1 Å². The zero-order chi connectivity index (χ0) is 21.6. The first-order valence-corrected chi connectivity index (χ1v) is 9.61. The molecule has 0 bridgehead atoms. The van der Waals surface area contributed by atoms with E-state index in [1.165, 1.54) is 26.4 Å². The lowest BCUT2D eigenvalue weighted by Crippen LogP contribution is -2.29. The van der Waals surface area contributed by atoms with E-state index in [4.69, 9.17) is 21.1 Å². The highest BCUT2D eigenvalue weighted by molar-refractivity contribution is 6.44. The van der Waals surface area contributed by atoms with Crippen LogP contribution < -0.4 is 25.0 Å². The molecular weight excluding hydrogens is 394 g/mol. The predicted octanol–water partition coefficient (Wildman–Crippen LogP) is 4.09. The van der Waals surface area contributed by atoms with Crippen molar-refractivity contribution in [1.82, 2.24) is 0 Å². The number of rotatable bonds is 7. The first-order chi connectivity index (χ1) is 13.8. The number of methoxy groups -OCH3 is 2.